The minimum atomic E-state index is 0.841. The van der Waals surface area contributed by atoms with E-state index >= 15 is 0 Å². The van der Waals surface area contributed by atoms with E-state index in [9.17, 15) is 0 Å². The highest BCUT2D eigenvalue weighted by atomic mass is 14.9. The van der Waals surface area contributed by atoms with Crippen LogP contribution in [0, 0.1) is 0 Å². The Morgan fingerprint density at radius 3 is 2.20 bits per heavy atom. The molecule has 2 aliphatic rings. The van der Waals surface area contributed by atoms with Crippen molar-refractivity contribution in [3.8, 4) is 0 Å². The van der Waals surface area contributed by atoms with Gasteiger partial charge in [-0.05, 0) is 54.3 Å². The molecular weight excluding hydrogens is 248 g/mol. The zero-order chi connectivity index (χ0) is 13.9. The van der Waals surface area contributed by atoms with Crippen molar-refractivity contribution in [2.24, 2.45) is 0 Å². The van der Waals surface area contributed by atoms with Crippen LogP contribution in [-0.4, -0.2) is 13.1 Å². The first-order chi connectivity index (χ1) is 9.72. The summed E-state index contributed by atoms with van der Waals surface area (Å²) >= 11 is 0. The van der Waals surface area contributed by atoms with Crippen LogP contribution in [0.4, 0.5) is 22.7 Å². The molecule has 20 heavy (non-hydrogen) atoms. The van der Waals surface area contributed by atoms with Crippen molar-refractivity contribution >= 4 is 22.7 Å². The summed E-state index contributed by atoms with van der Waals surface area (Å²) in [5.74, 6) is 0. The van der Waals surface area contributed by atoms with Gasteiger partial charge in [-0.25, -0.2) is 0 Å². The van der Waals surface area contributed by atoms with E-state index < -0.39 is 0 Å². The lowest BCUT2D eigenvalue weighted by Gasteiger charge is -1.98. The third-order valence-electron chi connectivity index (χ3n) is 3.68. The summed E-state index contributed by atoms with van der Waals surface area (Å²) in [5, 5.41) is 6.53. The first-order valence-electron chi connectivity index (χ1n) is 6.97. The molecule has 4 heteroatoms. The molecule has 2 aromatic carbocycles. The lowest BCUT2D eigenvalue weighted by molar-refractivity contribution is 1.11. The zero-order valence-electron chi connectivity index (χ0n) is 11.4. The number of benzene rings is 2. The molecule has 104 valence electrons. The Morgan fingerprint density at radius 2 is 1.35 bits per heavy atom. The van der Waals surface area contributed by atoms with Crippen molar-refractivity contribution < 1.29 is 0 Å². The summed E-state index contributed by atoms with van der Waals surface area (Å²) in [6, 6.07) is 12.0. The maximum absolute atomic E-state index is 5.60. The average molecular weight is 268 g/mol. The Kier molecular flexibility index (Phi) is 3.37. The molecule has 2 heterocycles. The summed E-state index contributed by atoms with van der Waals surface area (Å²) in [5.41, 5.74) is 18.1. The molecule has 0 amide bonds. The van der Waals surface area contributed by atoms with Gasteiger partial charge in [-0.1, -0.05) is 6.07 Å². The van der Waals surface area contributed by atoms with Crippen molar-refractivity contribution in [2.45, 2.75) is 12.8 Å². The van der Waals surface area contributed by atoms with Gasteiger partial charge in [-0.15, -0.1) is 0 Å². The van der Waals surface area contributed by atoms with Crippen molar-refractivity contribution in [2.75, 3.05) is 35.2 Å². The Morgan fingerprint density at radius 1 is 0.700 bits per heavy atom. The predicted octanol–water partition coefficient (Wildman–Crippen LogP) is 2.47. The minimum Gasteiger partial charge on any atom is -0.399 e. The predicted molar refractivity (Wildman–Crippen MR) is 86.1 cm³/mol. The standard InChI is InChI=1S/2C8H10N2/c9-7-1-2-8-6(5-7)3-4-10-8;9-7-2-1-6-3-4-10-8(6)5-7/h2*1-2,5,10H,3-4,9H2. The van der Waals surface area contributed by atoms with Gasteiger partial charge in [-0.3, -0.25) is 0 Å². The average Bonchev–Trinajstić information content (AvgIpc) is 3.06. The van der Waals surface area contributed by atoms with Crippen LogP contribution < -0.4 is 22.1 Å². The molecule has 0 spiro atoms. The monoisotopic (exact) mass is 268 g/mol. The van der Waals surface area contributed by atoms with E-state index in [4.69, 9.17) is 11.5 Å². The van der Waals surface area contributed by atoms with Crippen molar-refractivity contribution in [3.63, 3.8) is 0 Å². The van der Waals surface area contributed by atoms with Gasteiger partial charge in [0.15, 0.2) is 0 Å². The number of nitrogen functional groups attached to an aromatic ring is 2. The quantitative estimate of drug-likeness (QED) is 0.554. The summed E-state index contributed by atoms with van der Waals surface area (Å²) in [4.78, 5) is 0. The Labute approximate surface area is 119 Å². The molecule has 0 aromatic heterocycles. The van der Waals surface area contributed by atoms with Gasteiger partial charge < -0.3 is 22.1 Å². The highest BCUT2D eigenvalue weighted by molar-refractivity contribution is 5.62. The second kappa shape index (κ2) is 5.33. The van der Waals surface area contributed by atoms with Crippen LogP contribution in [0.3, 0.4) is 0 Å². The number of fused-ring (bicyclic) bond motifs is 2. The number of hydrogen-bond donors (Lipinski definition) is 4. The third kappa shape index (κ3) is 2.64. The van der Waals surface area contributed by atoms with Gasteiger partial charge in [0.1, 0.15) is 0 Å². The Balaban J connectivity index is 0.000000121. The molecule has 0 atom stereocenters. The summed E-state index contributed by atoms with van der Waals surface area (Å²) in [6.07, 6.45) is 2.25. The number of nitrogens with one attached hydrogen (secondary N) is 2. The second-order valence-corrected chi connectivity index (χ2v) is 5.19. The van der Waals surface area contributed by atoms with E-state index in [1.807, 2.05) is 30.3 Å². The van der Waals surface area contributed by atoms with E-state index in [2.05, 4.69) is 16.7 Å². The molecule has 0 unspecified atom stereocenters. The van der Waals surface area contributed by atoms with Crippen LogP contribution >= 0.6 is 0 Å². The number of anilines is 4. The van der Waals surface area contributed by atoms with Gasteiger partial charge in [0.05, 0.1) is 0 Å². The van der Waals surface area contributed by atoms with Gasteiger partial charge in [0, 0.05) is 35.8 Å². The third-order valence-corrected chi connectivity index (χ3v) is 3.68. The topological polar surface area (TPSA) is 76.1 Å². The molecule has 6 N–H and O–H groups in total. The fourth-order valence-electron chi connectivity index (χ4n) is 2.63. The Bertz CT molecular complexity index is 566. The van der Waals surface area contributed by atoms with Gasteiger partial charge in [-0.2, -0.15) is 0 Å². The van der Waals surface area contributed by atoms with Crippen LogP contribution in [0.2, 0.25) is 0 Å². The number of rotatable bonds is 0. The van der Waals surface area contributed by atoms with Crippen LogP contribution in [-0.2, 0) is 12.8 Å². The highest BCUT2D eigenvalue weighted by Crippen LogP contribution is 2.24. The number of hydrogen-bond acceptors (Lipinski definition) is 4. The molecule has 0 bridgehead atoms. The molecule has 2 aromatic rings. The van der Waals surface area contributed by atoms with Crippen molar-refractivity contribution in [3.05, 3.63) is 47.5 Å². The largest absolute Gasteiger partial charge is 0.399 e. The van der Waals surface area contributed by atoms with E-state index in [1.165, 1.54) is 22.5 Å². The zero-order valence-corrected chi connectivity index (χ0v) is 11.4. The number of nitrogens with two attached hydrogens (primary N) is 2. The smallest absolute Gasteiger partial charge is 0.0394 e. The molecule has 0 saturated heterocycles. The molecule has 0 aliphatic carbocycles. The molecule has 0 fully saturated rings. The molecule has 4 rings (SSSR count). The van der Waals surface area contributed by atoms with Crippen LogP contribution in [0.1, 0.15) is 11.1 Å². The van der Waals surface area contributed by atoms with Crippen LogP contribution in [0.25, 0.3) is 0 Å². The van der Waals surface area contributed by atoms with Crippen LogP contribution in [0.5, 0.6) is 0 Å². The van der Waals surface area contributed by atoms with Gasteiger partial charge >= 0.3 is 0 Å². The lowest BCUT2D eigenvalue weighted by Crippen LogP contribution is -1.91. The maximum Gasteiger partial charge on any atom is 0.0394 e. The first kappa shape index (κ1) is 12.7. The lowest BCUT2D eigenvalue weighted by atomic mass is 10.1. The second-order valence-electron chi connectivity index (χ2n) is 5.19. The first-order valence-corrected chi connectivity index (χ1v) is 6.97. The summed E-state index contributed by atoms with van der Waals surface area (Å²) in [6.45, 7) is 2.11. The van der Waals surface area contributed by atoms with E-state index in [0.717, 1.165) is 37.3 Å². The SMILES string of the molecule is Nc1ccc2c(c1)CCN2.Nc1ccc2c(c1)NCC2. The maximum atomic E-state index is 5.60. The van der Waals surface area contributed by atoms with Gasteiger partial charge in [0.25, 0.3) is 0 Å². The normalized spacial score (nSPS) is 14.4. The van der Waals surface area contributed by atoms with E-state index in [1.54, 1.807) is 0 Å². The van der Waals surface area contributed by atoms with Crippen molar-refractivity contribution in [1.29, 1.82) is 0 Å². The van der Waals surface area contributed by atoms with E-state index in [-0.39, 0.29) is 0 Å². The molecular formula is C16H20N4. The molecule has 0 saturated carbocycles. The molecule has 4 nitrogen and oxygen atoms in total. The Hall–Kier alpha value is -2.36. The van der Waals surface area contributed by atoms with Crippen molar-refractivity contribution in [1.82, 2.24) is 0 Å². The summed E-state index contributed by atoms with van der Waals surface area (Å²) < 4.78 is 0. The van der Waals surface area contributed by atoms with E-state index in [0.29, 0.717) is 0 Å². The summed E-state index contributed by atoms with van der Waals surface area (Å²) in [7, 11) is 0. The van der Waals surface area contributed by atoms with Crippen LogP contribution in [0.15, 0.2) is 36.4 Å². The highest BCUT2D eigenvalue weighted by Gasteiger charge is 2.08. The minimum absolute atomic E-state index is 0.841. The molecule has 2 aliphatic heterocycles. The van der Waals surface area contributed by atoms with Gasteiger partial charge in [0.2, 0.25) is 0 Å². The fraction of sp³-hybridized carbons (Fsp3) is 0.250. The fourth-order valence-corrected chi connectivity index (χ4v) is 2.63. The molecule has 0 radical (unpaired) electrons.